The van der Waals surface area contributed by atoms with Gasteiger partial charge in [0, 0.05) is 25.0 Å². The first-order chi connectivity index (χ1) is 12.6. The quantitative estimate of drug-likeness (QED) is 0.785. The second-order valence-electron chi connectivity index (χ2n) is 8.54. The third-order valence-corrected chi connectivity index (χ3v) is 7.17. The number of carbonyl (C=O) groups excluding carboxylic acids is 1. The van der Waals surface area contributed by atoms with Gasteiger partial charge in [0.15, 0.2) is 0 Å². The van der Waals surface area contributed by atoms with E-state index < -0.39 is 22.8 Å². The Morgan fingerprint density at radius 1 is 1.22 bits per heavy atom. The third-order valence-electron chi connectivity index (χ3n) is 7.17. The highest BCUT2D eigenvalue weighted by Crippen LogP contribution is 2.56. The summed E-state index contributed by atoms with van der Waals surface area (Å²) in [6, 6.07) is 4.96. The van der Waals surface area contributed by atoms with Crippen molar-refractivity contribution in [1.82, 2.24) is 4.90 Å². The molecule has 5 atom stereocenters. The maximum absolute atomic E-state index is 13.5. The number of hydrogen-bond acceptors (Lipinski definition) is 3. The average molecular weight is 382 g/mol. The molecular weight excluding hydrogens is 357 g/mol. The van der Waals surface area contributed by atoms with Gasteiger partial charge in [-0.05, 0) is 43.2 Å². The molecule has 7 heteroatoms. The number of aliphatic hydroxyl groups is 1. The van der Waals surface area contributed by atoms with Crippen LogP contribution in [0.15, 0.2) is 24.3 Å². The van der Waals surface area contributed by atoms with Crippen molar-refractivity contribution in [2.45, 2.75) is 62.9 Å². The molecule has 27 heavy (non-hydrogen) atoms. The van der Waals surface area contributed by atoms with Gasteiger partial charge in [0.25, 0.3) is 0 Å². The van der Waals surface area contributed by atoms with E-state index in [-0.39, 0.29) is 48.9 Å². The number of alkyl halides is 3. The lowest BCUT2D eigenvalue weighted by molar-refractivity contribution is -0.146. The Bertz CT molecular complexity index is 768. The van der Waals surface area contributed by atoms with E-state index in [1.165, 1.54) is 18.2 Å². The van der Waals surface area contributed by atoms with Crippen molar-refractivity contribution >= 4 is 5.91 Å². The number of benzene rings is 1. The molecule has 3 fully saturated rings. The summed E-state index contributed by atoms with van der Waals surface area (Å²) in [7, 11) is 0. The minimum absolute atomic E-state index is 0.0115. The summed E-state index contributed by atoms with van der Waals surface area (Å²) < 4.78 is 40.4. The van der Waals surface area contributed by atoms with E-state index in [9.17, 15) is 23.1 Å². The maximum Gasteiger partial charge on any atom is 0.416 e. The molecule has 4 nitrogen and oxygen atoms in total. The van der Waals surface area contributed by atoms with E-state index in [2.05, 4.69) is 0 Å². The average Bonchev–Trinajstić information content (AvgIpc) is 3.10. The van der Waals surface area contributed by atoms with E-state index >= 15 is 0 Å². The smallest absolute Gasteiger partial charge is 0.385 e. The number of carbonyl (C=O) groups is 1. The molecular formula is C20H25F3N2O2. The van der Waals surface area contributed by atoms with Crippen LogP contribution in [0.3, 0.4) is 0 Å². The Morgan fingerprint density at radius 2 is 1.93 bits per heavy atom. The summed E-state index contributed by atoms with van der Waals surface area (Å²) in [6.07, 6.45) is -2.16. The molecule has 1 amide bonds. The van der Waals surface area contributed by atoms with Crippen LogP contribution < -0.4 is 5.73 Å². The molecule has 2 saturated heterocycles. The van der Waals surface area contributed by atoms with E-state index in [1.807, 2.05) is 6.92 Å². The van der Waals surface area contributed by atoms with Crippen molar-refractivity contribution in [1.29, 1.82) is 0 Å². The molecule has 4 unspecified atom stereocenters. The third kappa shape index (κ3) is 2.70. The Morgan fingerprint density at radius 3 is 2.56 bits per heavy atom. The van der Waals surface area contributed by atoms with Crippen molar-refractivity contribution in [2.24, 2.45) is 17.1 Å². The zero-order valence-electron chi connectivity index (χ0n) is 15.3. The molecule has 0 bridgehead atoms. The Labute approximate surface area is 156 Å². The normalized spacial score (nSPS) is 39.3. The first-order valence-corrected chi connectivity index (χ1v) is 9.54. The molecule has 1 aromatic rings. The summed E-state index contributed by atoms with van der Waals surface area (Å²) in [4.78, 5) is 14.9. The van der Waals surface area contributed by atoms with E-state index in [0.29, 0.717) is 6.42 Å². The molecule has 3 N–H and O–H groups in total. The second kappa shape index (κ2) is 5.95. The van der Waals surface area contributed by atoms with Crippen molar-refractivity contribution in [2.75, 3.05) is 6.54 Å². The van der Waals surface area contributed by atoms with E-state index in [0.717, 1.165) is 18.9 Å². The van der Waals surface area contributed by atoms with Crippen LogP contribution in [0.25, 0.3) is 0 Å². The fourth-order valence-electron chi connectivity index (χ4n) is 5.68. The maximum atomic E-state index is 13.5. The highest BCUT2D eigenvalue weighted by molar-refractivity contribution is 5.86. The molecule has 2 aliphatic heterocycles. The summed E-state index contributed by atoms with van der Waals surface area (Å²) in [5, 5.41) is 11.3. The molecule has 148 valence electrons. The zero-order chi connectivity index (χ0) is 19.6. The predicted molar refractivity (Wildman–Crippen MR) is 93.5 cm³/mol. The number of hydrogen-bond donors (Lipinski definition) is 2. The molecule has 1 aromatic carbocycles. The van der Waals surface area contributed by atoms with E-state index in [4.69, 9.17) is 5.73 Å². The molecule has 1 spiro atoms. The van der Waals surface area contributed by atoms with Gasteiger partial charge in [0.2, 0.25) is 5.91 Å². The molecule has 3 aliphatic rings. The number of rotatable bonds is 1. The van der Waals surface area contributed by atoms with Crippen molar-refractivity contribution < 1.29 is 23.1 Å². The largest absolute Gasteiger partial charge is 0.416 e. The molecule has 4 rings (SSSR count). The fraction of sp³-hybridized carbons (Fsp3) is 0.650. The van der Waals surface area contributed by atoms with Crippen LogP contribution in [0, 0.1) is 11.3 Å². The molecule has 2 heterocycles. The number of nitrogens with two attached hydrogens (primary N) is 1. The van der Waals surface area contributed by atoms with Crippen molar-refractivity contribution in [3.63, 3.8) is 0 Å². The van der Waals surface area contributed by atoms with Crippen LogP contribution in [0.4, 0.5) is 13.2 Å². The summed E-state index contributed by atoms with van der Waals surface area (Å²) in [6.45, 7) is 2.26. The zero-order valence-corrected chi connectivity index (χ0v) is 15.3. The van der Waals surface area contributed by atoms with Gasteiger partial charge in [-0.15, -0.1) is 0 Å². The van der Waals surface area contributed by atoms with Crippen LogP contribution in [0.1, 0.15) is 50.2 Å². The highest BCUT2D eigenvalue weighted by Gasteiger charge is 2.62. The minimum Gasteiger partial charge on any atom is -0.385 e. The second-order valence-corrected chi connectivity index (χ2v) is 8.54. The molecule has 1 saturated carbocycles. The Kier molecular flexibility index (Phi) is 4.13. The van der Waals surface area contributed by atoms with Crippen LogP contribution in [0.5, 0.6) is 0 Å². The van der Waals surface area contributed by atoms with Gasteiger partial charge < -0.3 is 15.7 Å². The predicted octanol–water partition coefficient (Wildman–Crippen LogP) is 3.03. The fourth-order valence-corrected chi connectivity index (χ4v) is 5.68. The van der Waals surface area contributed by atoms with Gasteiger partial charge in [-0.25, -0.2) is 0 Å². The lowest BCUT2D eigenvalue weighted by atomic mass is 9.71. The number of halogens is 3. The summed E-state index contributed by atoms with van der Waals surface area (Å²) in [5.74, 6) is 0.0301. The van der Waals surface area contributed by atoms with E-state index in [1.54, 1.807) is 4.90 Å². The SMILES string of the molecule is CC1C2CC(O)(c3ccccc3C(F)(F)F)CCN2C(=O)[C@]12CCC(N)C2. The van der Waals surface area contributed by atoms with Crippen molar-refractivity contribution in [3.8, 4) is 0 Å². The van der Waals surface area contributed by atoms with Gasteiger partial charge in [-0.3, -0.25) is 4.79 Å². The Hall–Kier alpha value is -1.60. The molecule has 0 aromatic heterocycles. The standard InChI is InChI=1S/C20H25F3N2O2/c1-12-16-11-19(27,14-4-2-3-5-15(14)20(21,22)23)8-9-25(16)17(26)18(12)7-6-13(24)10-18/h2-5,12-13,16,27H,6-11,24H2,1H3/t12?,13?,16?,18-,19?/m0/s1. The monoisotopic (exact) mass is 382 g/mol. The molecule has 1 aliphatic carbocycles. The number of amides is 1. The van der Waals surface area contributed by atoms with Crippen LogP contribution in [-0.4, -0.2) is 34.5 Å². The first kappa shape index (κ1) is 18.7. The lowest BCUT2D eigenvalue weighted by Gasteiger charge is -2.43. The van der Waals surface area contributed by atoms with Gasteiger partial charge in [-0.1, -0.05) is 25.1 Å². The number of nitrogens with zero attached hydrogens (tertiary/aromatic N) is 1. The highest BCUT2D eigenvalue weighted by atomic mass is 19.4. The number of piperidine rings is 1. The minimum atomic E-state index is -4.53. The van der Waals surface area contributed by atoms with Crippen LogP contribution in [0.2, 0.25) is 0 Å². The van der Waals surface area contributed by atoms with Gasteiger partial charge in [-0.2, -0.15) is 13.2 Å². The van der Waals surface area contributed by atoms with Gasteiger partial charge in [0.1, 0.15) is 0 Å². The summed E-state index contributed by atoms with van der Waals surface area (Å²) in [5.41, 5.74) is 3.09. The first-order valence-electron chi connectivity index (χ1n) is 9.54. The van der Waals surface area contributed by atoms with Gasteiger partial charge >= 0.3 is 6.18 Å². The van der Waals surface area contributed by atoms with Crippen molar-refractivity contribution in [3.05, 3.63) is 35.4 Å². The van der Waals surface area contributed by atoms with Crippen LogP contribution >= 0.6 is 0 Å². The topological polar surface area (TPSA) is 66.6 Å². The Balaban J connectivity index is 1.68. The summed E-state index contributed by atoms with van der Waals surface area (Å²) >= 11 is 0. The van der Waals surface area contributed by atoms with Gasteiger partial charge in [0.05, 0.1) is 16.6 Å². The van der Waals surface area contributed by atoms with Crippen LogP contribution in [-0.2, 0) is 16.6 Å². The lowest BCUT2D eigenvalue weighted by Crippen LogP contribution is -2.49. The number of fused-ring (bicyclic) bond motifs is 1. The molecule has 0 radical (unpaired) electrons.